The van der Waals surface area contributed by atoms with Gasteiger partial charge in [0.25, 0.3) is 0 Å². The van der Waals surface area contributed by atoms with Crippen molar-refractivity contribution < 1.29 is 4.79 Å². The Morgan fingerprint density at radius 3 is 2.12 bits per heavy atom. The molecule has 0 spiro atoms. The Labute approximate surface area is 153 Å². The minimum absolute atomic E-state index is 0.0510. The fraction of sp³-hybridized carbons (Fsp3) is 0.333. The molecule has 1 aromatic heterocycles. The van der Waals surface area contributed by atoms with Gasteiger partial charge in [0.1, 0.15) is 6.54 Å². The number of benzene rings is 2. The summed E-state index contributed by atoms with van der Waals surface area (Å²) in [4.78, 5) is 27.6. The van der Waals surface area contributed by atoms with Crippen LogP contribution in [0.15, 0.2) is 59.4 Å². The van der Waals surface area contributed by atoms with Crippen LogP contribution >= 0.6 is 0 Å². The first-order valence-corrected chi connectivity index (χ1v) is 9.04. The Morgan fingerprint density at radius 1 is 0.962 bits per heavy atom. The van der Waals surface area contributed by atoms with Crippen LogP contribution in [-0.4, -0.2) is 26.0 Å². The normalized spacial score (nSPS) is 11.2. The molecule has 1 amide bonds. The van der Waals surface area contributed by atoms with Gasteiger partial charge in [0.05, 0.1) is 11.0 Å². The van der Waals surface area contributed by atoms with Gasteiger partial charge in [-0.3, -0.25) is 13.9 Å². The number of amides is 1. The lowest BCUT2D eigenvalue weighted by atomic mass is 10.2. The van der Waals surface area contributed by atoms with Gasteiger partial charge in [0.2, 0.25) is 5.91 Å². The van der Waals surface area contributed by atoms with Crippen LogP contribution in [0.5, 0.6) is 0 Å². The zero-order valence-corrected chi connectivity index (χ0v) is 15.6. The van der Waals surface area contributed by atoms with Crippen molar-refractivity contribution in [3.8, 4) is 0 Å². The highest BCUT2D eigenvalue weighted by Gasteiger charge is 2.21. The molecule has 1 heterocycles. The van der Waals surface area contributed by atoms with E-state index in [-0.39, 0.29) is 24.2 Å². The van der Waals surface area contributed by atoms with Gasteiger partial charge < -0.3 is 4.90 Å². The van der Waals surface area contributed by atoms with Gasteiger partial charge in [-0.15, -0.1) is 0 Å². The number of carbonyl (C=O) groups is 1. The van der Waals surface area contributed by atoms with E-state index in [1.54, 1.807) is 9.13 Å². The maximum Gasteiger partial charge on any atom is 0.329 e. The van der Waals surface area contributed by atoms with Gasteiger partial charge in [0, 0.05) is 19.1 Å². The summed E-state index contributed by atoms with van der Waals surface area (Å²) in [6.07, 6.45) is 0. The van der Waals surface area contributed by atoms with E-state index >= 15 is 0 Å². The lowest BCUT2D eigenvalue weighted by Crippen LogP contribution is -2.40. The first kappa shape index (κ1) is 18.0. The number of aromatic nitrogens is 2. The van der Waals surface area contributed by atoms with E-state index in [9.17, 15) is 9.59 Å². The molecular weight excluding hydrogens is 326 g/mol. The second-order valence-electron chi connectivity index (χ2n) is 6.70. The zero-order valence-electron chi connectivity index (χ0n) is 15.6. The van der Waals surface area contributed by atoms with Crippen molar-refractivity contribution in [2.24, 2.45) is 0 Å². The maximum absolute atomic E-state index is 13.0. The minimum atomic E-state index is -0.134. The maximum atomic E-state index is 13.0. The largest absolute Gasteiger partial charge is 0.334 e. The van der Waals surface area contributed by atoms with Crippen molar-refractivity contribution in [1.29, 1.82) is 0 Å². The number of fused-ring (bicyclic) bond motifs is 1. The van der Waals surface area contributed by atoms with E-state index in [1.165, 1.54) is 0 Å². The topological polar surface area (TPSA) is 47.2 Å². The molecule has 0 aliphatic rings. The Bertz CT molecular complexity index is 954. The smallest absolute Gasteiger partial charge is 0.329 e. The molecule has 5 nitrogen and oxygen atoms in total. The Kier molecular flexibility index (Phi) is 5.26. The minimum Gasteiger partial charge on any atom is -0.334 e. The van der Waals surface area contributed by atoms with Crippen LogP contribution in [-0.2, 0) is 24.4 Å². The lowest BCUT2D eigenvalue weighted by Gasteiger charge is -2.27. The molecule has 0 atom stereocenters. The summed E-state index contributed by atoms with van der Waals surface area (Å²) in [6, 6.07) is 17.6. The SMILES string of the molecule is CCn1c(=O)n(CC(=O)N(Cc2ccccc2)C(C)C)c2ccccc21. The van der Waals surface area contributed by atoms with Gasteiger partial charge in [-0.05, 0) is 38.5 Å². The molecule has 0 saturated heterocycles. The number of rotatable bonds is 6. The molecule has 136 valence electrons. The van der Waals surface area contributed by atoms with Crippen LogP contribution in [0.25, 0.3) is 11.0 Å². The third-order valence-electron chi connectivity index (χ3n) is 4.67. The molecular formula is C21H25N3O2. The molecule has 0 bridgehead atoms. The Hall–Kier alpha value is -2.82. The fourth-order valence-corrected chi connectivity index (χ4v) is 3.30. The van der Waals surface area contributed by atoms with Gasteiger partial charge in [-0.1, -0.05) is 42.5 Å². The molecule has 2 aromatic carbocycles. The van der Waals surface area contributed by atoms with Crippen molar-refractivity contribution in [2.75, 3.05) is 0 Å². The summed E-state index contributed by atoms with van der Waals surface area (Å²) >= 11 is 0. The average Bonchev–Trinajstić information content (AvgIpc) is 2.91. The first-order chi connectivity index (χ1) is 12.5. The van der Waals surface area contributed by atoms with E-state index in [1.807, 2.05) is 80.3 Å². The second-order valence-corrected chi connectivity index (χ2v) is 6.70. The molecule has 0 aliphatic heterocycles. The molecule has 0 radical (unpaired) electrons. The van der Waals surface area contributed by atoms with E-state index < -0.39 is 0 Å². The highest BCUT2D eigenvalue weighted by atomic mass is 16.2. The number of carbonyl (C=O) groups excluding carboxylic acids is 1. The standard InChI is InChI=1S/C21H25N3O2/c1-4-22-18-12-8-9-13-19(18)24(21(22)26)15-20(25)23(16(2)3)14-17-10-6-5-7-11-17/h5-13,16H,4,14-15H2,1-3H3. The first-order valence-electron chi connectivity index (χ1n) is 9.04. The number of aryl methyl sites for hydroxylation is 1. The van der Waals surface area contributed by atoms with Crippen LogP contribution in [0.1, 0.15) is 26.3 Å². The van der Waals surface area contributed by atoms with Crippen LogP contribution < -0.4 is 5.69 Å². The van der Waals surface area contributed by atoms with E-state index in [0.717, 1.165) is 16.6 Å². The van der Waals surface area contributed by atoms with Crippen LogP contribution in [0.3, 0.4) is 0 Å². The van der Waals surface area contributed by atoms with Crippen LogP contribution in [0.2, 0.25) is 0 Å². The molecule has 3 aromatic rings. The molecule has 0 unspecified atom stereocenters. The Morgan fingerprint density at radius 2 is 1.54 bits per heavy atom. The highest BCUT2D eigenvalue weighted by Crippen LogP contribution is 2.14. The number of hydrogen-bond donors (Lipinski definition) is 0. The Balaban J connectivity index is 1.92. The van der Waals surface area contributed by atoms with Gasteiger partial charge in [-0.25, -0.2) is 4.79 Å². The predicted molar refractivity (Wildman–Crippen MR) is 104 cm³/mol. The number of nitrogens with zero attached hydrogens (tertiary/aromatic N) is 3. The summed E-state index contributed by atoms with van der Waals surface area (Å²) < 4.78 is 3.29. The second kappa shape index (κ2) is 7.60. The molecule has 0 saturated carbocycles. The molecule has 0 aliphatic carbocycles. The summed E-state index contributed by atoms with van der Waals surface area (Å²) in [5.41, 5.74) is 2.62. The monoisotopic (exact) mass is 351 g/mol. The van der Waals surface area contributed by atoms with E-state index in [2.05, 4.69) is 0 Å². The van der Waals surface area contributed by atoms with Gasteiger partial charge >= 0.3 is 5.69 Å². The van der Waals surface area contributed by atoms with Crippen LogP contribution in [0.4, 0.5) is 0 Å². The van der Waals surface area contributed by atoms with Crippen molar-refractivity contribution in [3.63, 3.8) is 0 Å². The molecule has 0 N–H and O–H groups in total. The number of hydrogen-bond acceptors (Lipinski definition) is 2. The fourth-order valence-electron chi connectivity index (χ4n) is 3.30. The summed E-state index contributed by atoms with van der Waals surface area (Å²) in [7, 11) is 0. The quantitative estimate of drug-likeness (QED) is 0.684. The van der Waals surface area contributed by atoms with E-state index in [0.29, 0.717) is 13.1 Å². The molecule has 3 rings (SSSR count). The number of imidazole rings is 1. The van der Waals surface area contributed by atoms with Gasteiger partial charge in [-0.2, -0.15) is 0 Å². The van der Waals surface area contributed by atoms with Crippen LogP contribution in [0, 0.1) is 0 Å². The van der Waals surface area contributed by atoms with Crippen molar-refractivity contribution >= 4 is 16.9 Å². The molecule has 0 fully saturated rings. The summed E-state index contributed by atoms with van der Waals surface area (Å²) in [5, 5.41) is 0. The van der Waals surface area contributed by atoms with Gasteiger partial charge in [0.15, 0.2) is 0 Å². The summed E-state index contributed by atoms with van der Waals surface area (Å²) in [5.74, 6) is -0.0510. The number of para-hydroxylation sites is 2. The summed E-state index contributed by atoms with van der Waals surface area (Å²) in [6.45, 7) is 7.11. The lowest BCUT2D eigenvalue weighted by molar-refractivity contribution is -0.134. The highest BCUT2D eigenvalue weighted by molar-refractivity contribution is 5.81. The zero-order chi connectivity index (χ0) is 18.7. The third-order valence-corrected chi connectivity index (χ3v) is 4.67. The third kappa shape index (κ3) is 3.43. The molecule has 26 heavy (non-hydrogen) atoms. The predicted octanol–water partition coefficient (Wildman–Crippen LogP) is 3.26. The van der Waals surface area contributed by atoms with Crippen molar-refractivity contribution in [2.45, 2.75) is 46.4 Å². The van der Waals surface area contributed by atoms with E-state index in [4.69, 9.17) is 0 Å². The average molecular weight is 351 g/mol. The molecule has 5 heteroatoms. The van der Waals surface area contributed by atoms with Crippen molar-refractivity contribution in [1.82, 2.24) is 14.0 Å². The van der Waals surface area contributed by atoms with Crippen molar-refractivity contribution in [3.05, 3.63) is 70.6 Å².